The monoisotopic (exact) mass is 332 g/mol. The number of anilines is 2. The van der Waals surface area contributed by atoms with Gasteiger partial charge in [0, 0.05) is 32.4 Å². The smallest absolute Gasteiger partial charge is 0.253 e. The van der Waals surface area contributed by atoms with Crippen LogP contribution < -0.4 is 26.4 Å². The maximum atomic E-state index is 12.1. The van der Waals surface area contributed by atoms with Crippen LogP contribution in [0.3, 0.4) is 0 Å². The van der Waals surface area contributed by atoms with Gasteiger partial charge in [-0.15, -0.1) is 0 Å². The van der Waals surface area contributed by atoms with E-state index in [0.29, 0.717) is 30.2 Å². The molecule has 24 heavy (non-hydrogen) atoms. The summed E-state index contributed by atoms with van der Waals surface area (Å²) in [6, 6.07) is 0. The van der Waals surface area contributed by atoms with E-state index in [4.69, 9.17) is 0 Å². The lowest BCUT2D eigenvalue weighted by Crippen LogP contribution is -2.43. The molecule has 1 rings (SSSR count). The number of likely N-dealkylation sites (N-methyl/N-ethyl adjacent to an activating group) is 1. The van der Waals surface area contributed by atoms with Crippen molar-refractivity contribution in [1.82, 2.24) is 10.2 Å². The van der Waals surface area contributed by atoms with Gasteiger partial charge in [-0.3, -0.25) is 9.59 Å². The van der Waals surface area contributed by atoms with Gasteiger partial charge in [0.05, 0.1) is 0 Å². The minimum Gasteiger partial charge on any atom is -0.394 e. The van der Waals surface area contributed by atoms with E-state index in [9.17, 15) is 9.59 Å². The van der Waals surface area contributed by atoms with E-state index in [1.165, 1.54) is 0 Å². The first-order valence-electron chi connectivity index (χ1n) is 8.07. The molecule has 0 unspecified atom stereocenters. The van der Waals surface area contributed by atoms with Crippen molar-refractivity contribution < 1.29 is 0 Å². The van der Waals surface area contributed by atoms with E-state index < -0.39 is 10.9 Å². The number of allylic oxidation sites excluding steroid dienone is 2. The first-order valence-corrected chi connectivity index (χ1v) is 8.07. The Labute approximate surface area is 143 Å². The van der Waals surface area contributed by atoms with Gasteiger partial charge in [-0.25, -0.2) is 0 Å². The second-order valence-corrected chi connectivity index (χ2v) is 5.79. The van der Waals surface area contributed by atoms with E-state index >= 15 is 0 Å². The highest BCUT2D eigenvalue weighted by molar-refractivity contribution is 5.77. The van der Waals surface area contributed by atoms with Crippen molar-refractivity contribution in [3.63, 3.8) is 0 Å². The van der Waals surface area contributed by atoms with Crippen LogP contribution in [-0.4, -0.2) is 45.7 Å². The van der Waals surface area contributed by atoms with Gasteiger partial charge in [0.15, 0.2) is 0 Å². The second kappa shape index (κ2) is 9.72. The van der Waals surface area contributed by atoms with Crippen molar-refractivity contribution in [3.05, 3.63) is 57.7 Å². The van der Waals surface area contributed by atoms with Crippen LogP contribution in [0.2, 0.25) is 0 Å². The number of nitrogens with one attached hydrogen (secondary N) is 2. The van der Waals surface area contributed by atoms with Gasteiger partial charge < -0.3 is 20.4 Å². The van der Waals surface area contributed by atoms with E-state index in [0.717, 1.165) is 19.4 Å². The standard InChI is InChI=1S/C18H28N4O2/c1-6-14(2)22(12-9-7-8-10-19-3)16-15(17(23)18(16)24)20-11-13-21(4)5/h6,8,10,19-20H,1-2,7,9,11-13H2,3-5H3/b10-8+. The SMILES string of the molecule is C=CC(=C)N(CCC/C=C/NC)c1c(NCCN(C)C)c(=O)c1=O. The van der Waals surface area contributed by atoms with Crippen LogP contribution in [0.25, 0.3) is 0 Å². The molecule has 0 aliphatic rings. The first kappa shape index (κ1) is 19.7. The fraction of sp³-hybridized carbons (Fsp3) is 0.444. The number of rotatable bonds is 12. The molecule has 0 fully saturated rings. The Balaban J connectivity index is 2.86. The fourth-order valence-corrected chi connectivity index (χ4v) is 2.28. The molecule has 0 aliphatic heterocycles. The largest absolute Gasteiger partial charge is 0.394 e. The zero-order valence-corrected chi connectivity index (χ0v) is 14.9. The predicted octanol–water partition coefficient (Wildman–Crippen LogP) is 1.28. The van der Waals surface area contributed by atoms with Crippen molar-refractivity contribution in [2.75, 3.05) is 51.0 Å². The van der Waals surface area contributed by atoms with Crippen LogP contribution in [-0.2, 0) is 0 Å². The van der Waals surface area contributed by atoms with Gasteiger partial charge in [0.1, 0.15) is 11.4 Å². The maximum Gasteiger partial charge on any atom is 0.253 e. The summed E-state index contributed by atoms with van der Waals surface area (Å²) in [4.78, 5) is 27.7. The first-order chi connectivity index (χ1) is 11.4. The lowest BCUT2D eigenvalue weighted by molar-refractivity contribution is 0.425. The summed E-state index contributed by atoms with van der Waals surface area (Å²) < 4.78 is 0. The predicted molar refractivity (Wildman–Crippen MR) is 103 cm³/mol. The third-order valence-electron chi connectivity index (χ3n) is 3.64. The lowest BCUT2D eigenvalue weighted by Gasteiger charge is -2.28. The molecule has 0 amide bonds. The van der Waals surface area contributed by atoms with Gasteiger partial charge >= 0.3 is 0 Å². The highest BCUT2D eigenvalue weighted by Crippen LogP contribution is 2.24. The van der Waals surface area contributed by atoms with Gasteiger partial charge in [0.2, 0.25) is 0 Å². The molecule has 6 nitrogen and oxygen atoms in total. The Kier molecular flexibility index (Phi) is 7.98. The molecule has 0 bridgehead atoms. The van der Waals surface area contributed by atoms with Gasteiger partial charge in [-0.05, 0) is 39.2 Å². The summed E-state index contributed by atoms with van der Waals surface area (Å²) in [7, 11) is 5.75. The normalized spacial score (nSPS) is 11.2. The van der Waals surface area contributed by atoms with Crippen molar-refractivity contribution in [1.29, 1.82) is 0 Å². The van der Waals surface area contributed by atoms with E-state index in [1.807, 2.05) is 38.3 Å². The van der Waals surface area contributed by atoms with Crippen molar-refractivity contribution in [2.24, 2.45) is 0 Å². The van der Waals surface area contributed by atoms with Gasteiger partial charge in [-0.1, -0.05) is 19.2 Å². The Morgan fingerprint density at radius 3 is 2.50 bits per heavy atom. The molecule has 132 valence electrons. The third-order valence-corrected chi connectivity index (χ3v) is 3.64. The molecular weight excluding hydrogens is 304 g/mol. The third kappa shape index (κ3) is 5.09. The summed E-state index contributed by atoms with van der Waals surface area (Å²) in [5, 5.41) is 6.01. The van der Waals surface area contributed by atoms with Crippen molar-refractivity contribution in [3.8, 4) is 0 Å². The van der Waals surface area contributed by atoms with Crippen LogP contribution in [0.15, 0.2) is 46.8 Å². The Bertz CT molecular complexity index is 654. The molecule has 0 heterocycles. The summed E-state index contributed by atoms with van der Waals surface area (Å²) in [5.74, 6) is 0. The quantitative estimate of drug-likeness (QED) is 0.341. The minimum absolute atomic E-state index is 0.385. The molecule has 0 radical (unpaired) electrons. The molecule has 0 saturated heterocycles. The topological polar surface area (TPSA) is 64.7 Å². The Morgan fingerprint density at radius 2 is 1.92 bits per heavy atom. The summed E-state index contributed by atoms with van der Waals surface area (Å²) in [5.41, 5.74) is 0.490. The van der Waals surface area contributed by atoms with Crippen LogP contribution in [0, 0.1) is 0 Å². The lowest BCUT2D eigenvalue weighted by atomic mass is 10.1. The molecule has 6 heteroatoms. The molecule has 0 spiro atoms. The summed E-state index contributed by atoms with van der Waals surface area (Å²) >= 11 is 0. The molecule has 1 aromatic carbocycles. The zero-order valence-electron chi connectivity index (χ0n) is 14.9. The molecule has 0 saturated carbocycles. The van der Waals surface area contributed by atoms with E-state index in [2.05, 4.69) is 23.8 Å². The minimum atomic E-state index is -0.462. The average Bonchev–Trinajstić information content (AvgIpc) is 2.57. The zero-order chi connectivity index (χ0) is 18.1. The van der Waals surface area contributed by atoms with Gasteiger partial charge in [0.25, 0.3) is 10.9 Å². The van der Waals surface area contributed by atoms with Crippen molar-refractivity contribution in [2.45, 2.75) is 12.8 Å². The van der Waals surface area contributed by atoms with E-state index in [1.54, 1.807) is 11.0 Å². The van der Waals surface area contributed by atoms with Crippen LogP contribution in [0.1, 0.15) is 12.8 Å². The van der Waals surface area contributed by atoms with Crippen LogP contribution >= 0.6 is 0 Å². The van der Waals surface area contributed by atoms with Gasteiger partial charge in [-0.2, -0.15) is 0 Å². The Morgan fingerprint density at radius 1 is 1.21 bits per heavy atom. The Hall–Kier alpha value is -2.34. The number of hydrogen-bond acceptors (Lipinski definition) is 6. The number of unbranched alkanes of at least 4 members (excludes halogenated alkanes) is 1. The fourth-order valence-electron chi connectivity index (χ4n) is 2.28. The van der Waals surface area contributed by atoms with E-state index in [-0.39, 0.29) is 0 Å². The number of nitrogens with zero attached hydrogens (tertiary/aromatic N) is 2. The molecule has 0 aromatic heterocycles. The van der Waals surface area contributed by atoms with Crippen LogP contribution in [0.5, 0.6) is 0 Å². The molecule has 0 aliphatic carbocycles. The molecular formula is C18H28N4O2. The second-order valence-electron chi connectivity index (χ2n) is 5.79. The summed E-state index contributed by atoms with van der Waals surface area (Å²) in [6.07, 6.45) is 7.19. The highest BCUT2D eigenvalue weighted by Gasteiger charge is 2.26. The average molecular weight is 332 g/mol. The maximum absolute atomic E-state index is 12.1. The van der Waals surface area contributed by atoms with Crippen LogP contribution in [0.4, 0.5) is 11.4 Å². The molecule has 2 N–H and O–H groups in total. The molecule has 0 atom stereocenters. The van der Waals surface area contributed by atoms with Crippen molar-refractivity contribution >= 4 is 11.4 Å². The summed E-state index contributed by atoms with van der Waals surface area (Å²) in [6.45, 7) is 9.64. The highest BCUT2D eigenvalue weighted by atomic mass is 16.2. The number of hydrogen-bond donors (Lipinski definition) is 2. The molecule has 1 aromatic rings.